The number of hydrogen-bond acceptors (Lipinski definition) is 2. The van der Waals surface area contributed by atoms with Crippen molar-refractivity contribution in [3.63, 3.8) is 0 Å². The molecule has 86 valence electrons. The Morgan fingerprint density at radius 2 is 1.82 bits per heavy atom. The molecule has 2 aromatic rings. The van der Waals surface area contributed by atoms with Gasteiger partial charge in [0, 0.05) is 16.8 Å². The Balaban J connectivity index is 2.48. The highest BCUT2D eigenvalue weighted by atomic mass is 35.5. The van der Waals surface area contributed by atoms with Gasteiger partial charge in [-0.1, -0.05) is 34.8 Å². The van der Waals surface area contributed by atoms with Crippen molar-refractivity contribution in [2.24, 2.45) is 0 Å². The smallest absolute Gasteiger partial charge is 0.197 e. The van der Waals surface area contributed by atoms with Crippen molar-refractivity contribution in [2.45, 2.75) is 0 Å². The molecule has 2 rings (SSSR count). The van der Waals surface area contributed by atoms with E-state index in [0.717, 1.165) is 0 Å². The molecule has 1 aromatic heterocycles. The second kappa shape index (κ2) is 5.05. The van der Waals surface area contributed by atoms with E-state index in [0.29, 0.717) is 21.2 Å². The summed E-state index contributed by atoms with van der Waals surface area (Å²) in [4.78, 5) is 16.0. The number of hydrogen-bond donors (Lipinski definition) is 0. The maximum absolute atomic E-state index is 12.1. The van der Waals surface area contributed by atoms with E-state index in [2.05, 4.69) is 4.98 Å². The van der Waals surface area contributed by atoms with Crippen LogP contribution in [-0.2, 0) is 0 Å². The van der Waals surface area contributed by atoms with Crippen LogP contribution in [0.5, 0.6) is 0 Å². The topological polar surface area (TPSA) is 30.0 Å². The van der Waals surface area contributed by atoms with Gasteiger partial charge in [-0.2, -0.15) is 0 Å². The van der Waals surface area contributed by atoms with Crippen LogP contribution in [0.2, 0.25) is 15.2 Å². The molecule has 0 saturated carbocycles. The minimum atomic E-state index is -0.273. The van der Waals surface area contributed by atoms with Crippen LogP contribution in [-0.4, -0.2) is 10.8 Å². The van der Waals surface area contributed by atoms with Crippen LogP contribution in [0.1, 0.15) is 15.9 Å². The fourth-order valence-corrected chi connectivity index (χ4v) is 2.07. The highest BCUT2D eigenvalue weighted by molar-refractivity contribution is 6.39. The lowest BCUT2D eigenvalue weighted by Gasteiger charge is -2.05. The summed E-state index contributed by atoms with van der Waals surface area (Å²) in [7, 11) is 0. The first-order valence-corrected chi connectivity index (χ1v) is 5.83. The molecule has 0 amide bonds. The summed E-state index contributed by atoms with van der Waals surface area (Å²) >= 11 is 17.6. The molecule has 0 unspecified atom stereocenters. The molecule has 0 aliphatic heterocycles. The molecule has 0 bridgehead atoms. The predicted molar refractivity (Wildman–Crippen MR) is 69.1 cm³/mol. The summed E-state index contributed by atoms with van der Waals surface area (Å²) in [6.45, 7) is 0. The minimum Gasteiger partial charge on any atom is -0.288 e. The van der Waals surface area contributed by atoms with Crippen molar-refractivity contribution in [3.05, 3.63) is 62.9 Å². The third kappa shape index (κ3) is 2.60. The molecule has 0 radical (unpaired) electrons. The van der Waals surface area contributed by atoms with Crippen molar-refractivity contribution in [2.75, 3.05) is 0 Å². The van der Waals surface area contributed by atoms with E-state index < -0.39 is 0 Å². The maximum atomic E-state index is 12.1. The van der Waals surface area contributed by atoms with E-state index in [4.69, 9.17) is 34.8 Å². The zero-order chi connectivity index (χ0) is 12.4. The predicted octanol–water partition coefficient (Wildman–Crippen LogP) is 4.27. The Bertz CT molecular complexity index is 584. The molecule has 1 heterocycles. The monoisotopic (exact) mass is 285 g/mol. The van der Waals surface area contributed by atoms with Gasteiger partial charge in [-0.05, 0) is 30.3 Å². The molecule has 0 aliphatic carbocycles. The molecular formula is C12H6Cl3NO. The zero-order valence-corrected chi connectivity index (χ0v) is 10.7. The van der Waals surface area contributed by atoms with Crippen LogP contribution in [0.4, 0.5) is 0 Å². The van der Waals surface area contributed by atoms with Gasteiger partial charge in [-0.3, -0.25) is 4.79 Å². The standard InChI is InChI=1S/C12H6Cl3NO/c13-7-3-4-8(10(14)6-7)11(17)9-2-1-5-16-12(9)15/h1-6H. The van der Waals surface area contributed by atoms with Crippen LogP contribution in [0, 0.1) is 0 Å². The van der Waals surface area contributed by atoms with Crippen LogP contribution < -0.4 is 0 Å². The largest absolute Gasteiger partial charge is 0.288 e. The minimum absolute atomic E-state index is 0.156. The zero-order valence-electron chi connectivity index (χ0n) is 8.45. The molecule has 0 spiro atoms. The number of aromatic nitrogens is 1. The van der Waals surface area contributed by atoms with E-state index in [9.17, 15) is 4.79 Å². The third-order valence-electron chi connectivity index (χ3n) is 2.18. The Morgan fingerprint density at radius 3 is 2.47 bits per heavy atom. The summed E-state index contributed by atoms with van der Waals surface area (Å²) in [6.07, 6.45) is 1.52. The quantitative estimate of drug-likeness (QED) is 0.609. The number of carbonyl (C=O) groups excluding carboxylic acids is 1. The van der Waals surface area contributed by atoms with Crippen LogP contribution in [0.15, 0.2) is 36.5 Å². The second-order valence-corrected chi connectivity index (χ2v) is 4.50. The molecular weight excluding hydrogens is 280 g/mol. The van der Waals surface area contributed by atoms with Crippen LogP contribution >= 0.6 is 34.8 Å². The van der Waals surface area contributed by atoms with Crippen molar-refractivity contribution >= 4 is 40.6 Å². The summed E-state index contributed by atoms with van der Waals surface area (Å²) in [5, 5.41) is 0.926. The highest BCUT2D eigenvalue weighted by Crippen LogP contribution is 2.25. The maximum Gasteiger partial charge on any atom is 0.197 e. The van der Waals surface area contributed by atoms with E-state index in [-0.39, 0.29) is 10.9 Å². The van der Waals surface area contributed by atoms with Crippen molar-refractivity contribution in [1.82, 2.24) is 4.98 Å². The van der Waals surface area contributed by atoms with Gasteiger partial charge in [0.25, 0.3) is 0 Å². The van der Waals surface area contributed by atoms with Gasteiger partial charge >= 0.3 is 0 Å². The van der Waals surface area contributed by atoms with Crippen LogP contribution in [0.25, 0.3) is 0 Å². The van der Waals surface area contributed by atoms with Gasteiger partial charge < -0.3 is 0 Å². The fourth-order valence-electron chi connectivity index (χ4n) is 1.37. The van der Waals surface area contributed by atoms with E-state index in [1.165, 1.54) is 12.3 Å². The Labute approximate surface area is 113 Å². The summed E-state index contributed by atoms with van der Waals surface area (Å²) < 4.78 is 0. The fraction of sp³-hybridized carbons (Fsp3) is 0. The number of nitrogens with zero attached hydrogens (tertiary/aromatic N) is 1. The van der Waals surface area contributed by atoms with Gasteiger partial charge in [0.1, 0.15) is 5.15 Å². The normalized spacial score (nSPS) is 10.3. The molecule has 0 fully saturated rings. The number of rotatable bonds is 2. The molecule has 5 heteroatoms. The first-order valence-electron chi connectivity index (χ1n) is 4.70. The van der Waals surface area contributed by atoms with Gasteiger partial charge in [0.05, 0.1) is 10.6 Å². The molecule has 1 aromatic carbocycles. The molecule has 0 N–H and O–H groups in total. The number of carbonyl (C=O) groups is 1. The molecule has 0 aliphatic rings. The summed E-state index contributed by atoms with van der Waals surface area (Å²) in [5.74, 6) is -0.273. The Kier molecular flexibility index (Phi) is 3.67. The van der Waals surface area contributed by atoms with E-state index in [1.54, 1.807) is 24.3 Å². The van der Waals surface area contributed by atoms with Gasteiger partial charge in [-0.15, -0.1) is 0 Å². The number of halogens is 3. The van der Waals surface area contributed by atoms with E-state index in [1.807, 2.05) is 0 Å². The Morgan fingerprint density at radius 1 is 1.06 bits per heavy atom. The summed E-state index contributed by atoms with van der Waals surface area (Å²) in [6, 6.07) is 7.92. The van der Waals surface area contributed by atoms with Crippen molar-refractivity contribution in [3.8, 4) is 0 Å². The lowest BCUT2D eigenvalue weighted by molar-refractivity contribution is 0.103. The number of ketones is 1. The van der Waals surface area contributed by atoms with Crippen molar-refractivity contribution in [1.29, 1.82) is 0 Å². The van der Waals surface area contributed by atoms with Gasteiger partial charge in [0.2, 0.25) is 0 Å². The first-order chi connectivity index (χ1) is 8.09. The second-order valence-electron chi connectivity index (χ2n) is 3.30. The molecule has 0 atom stereocenters. The molecule has 0 saturated heterocycles. The first kappa shape index (κ1) is 12.4. The lowest BCUT2D eigenvalue weighted by atomic mass is 10.1. The highest BCUT2D eigenvalue weighted by Gasteiger charge is 2.16. The van der Waals surface area contributed by atoms with Gasteiger partial charge in [-0.25, -0.2) is 4.98 Å². The van der Waals surface area contributed by atoms with Crippen LogP contribution in [0.3, 0.4) is 0 Å². The average Bonchev–Trinajstić information content (AvgIpc) is 2.29. The molecule has 17 heavy (non-hydrogen) atoms. The third-order valence-corrected chi connectivity index (χ3v) is 3.03. The van der Waals surface area contributed by atoms with Crippen molar-refractivity contribution < 1.29 is 4.79 Å². The number of benzene rings is 1. The number of pyridine rings is 1. The van der Waals surface area contributed by atoms with Gasteiger partial charge in [0.15, 0.2) is 5.78 Å². The summed E-state index contributed by atoms with van der Waals surface area (Å²) in [5.41, 5.74) is 0.671. The van der Waals surface area contributed by atoms with E-state index >= 15 is 0 Å². The molecule has 2 nitrogen and oxygen atoms in total. The lowest BCUT2D eigenvalue weighted by Crippen LogP contribution is -2.03. The average molecular weight is 287 g/mol. The SMILES string of the molecule is O=C(c1ccc(Cl)cc1Cl)c1cccnc1Cl. The Hall–Kier alpha value is -1.09.